The summed E-state index contributed by atoms with van der Waals surface area (Å²) in [5, 5.41) is 2.95. The number of carbonyl (C=O) groups is 2. The Bertz CT molecular complexity index is 1310. The fraction of sp³-hybridized carbons (Fsp3) is 0.333. The molecule has 3 aromatic rings. The molecule has 0 bridgehead atoms. The van der Waals surface area contributed by atoms with Crippen molar-refractivity contribution in [1.29, 1.82) is 0 Å². The number of hydrogen-bond donors (Lipinski definition) is 1. The van der Waals surface area contributed by atoms with Crippen molar-refractivity contribution in [2.45, 2.75) is 51.6 Å². The molecule has 0 heterocycles. The second-order valence-corrected chi connectivity index (χ2v) is 11.5. The minimum absolute atomic E-state index is 0.0869. The second-order valence-electron chi connectivity index (χ2n) is 9.67. The monoisotopic (exact) mass is 535 g/mol. The average molecular weight is 536 g/mol. The first kappa shape index (κ1) is 28.9. The molecule has 202 valence electrons. The van der Waals surface area contributed by atoms with Crippen LogP contribution in [0, 0.1) is 12.8 Å². The van der Waals surface area contributed by atoms with Crippen molar-refractivity contribution < 1.29 is 18.0 Å². The van der Waals surface area contributed by atoms with Crippen molar-refractivity contribution in [3.63, 3.8) is 0 Å². The molecule has 7 nitrogen and oxygen atoms in total. The lowest BCUT2D eigenvalue weighted by atomic mass is 10.1. The fourth-order valence-corrected chi connectivity index (χ4v) is 5.59. The Morgan fingerprint density at radius 2 is 1.45 bits per heavy atom. The van der Waals surface area contributed by atoms with Crippen LogP contribution in [0.15, 0.2) is 89.8 Å². The first-order valence-electron chi connectivity index (χ1n) is 12.9. The van der Waals surface area contributed by atoms with Crippen LogP contribution in [0.25, 0.3) is 0 Å². The van der Waals surface area contributed by atoms with Gasteiger partial charge in [0, 0.05) is 13.1 Å². The third-order valence-electron chi connectivity index (χ3n) is 6.33. The second kappa shape index (κ2) is 13.2. The molecule has 0 saturated carbocycles. The van der Waals surface area contributed by atoms with E-state index in [1.54, 1.807) is 48.5 Å². The summed E-state index contributed by atoms with van der Waals surface area (Å²) in [7, 11) is -4.05. The molecule has 0 unspecified atom stereocenters. The van der Waals surface area contributed by atoms with Crippen molar-refractivity contribution in [1.82, 2.24) is 10.2 Å². The highest BCUT2D eigenvalue weighted by atomic mass is 32.2. The average Bonchev–Trinajstić information content (AvgIpc) is 2.92. The third kappa shape index (κ3) is 7.22. The minimum atomic E-state index is -4.05. The number of sulfonamides is 1. The van der Waals surface area contributed by atoms with Crippen LogP contribution in [0.1, 0.15) is 38.3 Å². The quantitative estimate of drug-likeness (QED) is 0.362. The lowest BCUT2D eigenvalue weighted by Gasteiger charge is -2.33. The molecule has 0 aliphatic rings. The smallest absolute Gasteiger partial charge is 0.264 e. The van der Waals surface area contributed by atoms with Crippen molar-refractivity contribution >= 4 is 27.5 Å². The van der Waals surface area contributed by atoms with E-state index in [9.17, 15) is 18.0 Å². The maximum Gasteiger partial charge on any atom is 0.264 e. The van der Waals surface area contributed by atoms with Gasteiger partial charge in [-0.25, -0.2) is 8.42 Å². The largest absolute Gasteiger partial charge is 0.354 e. The number of anilines is 1. The summed E-state index contributed by atoms with van der Waals surface area (Å²) < 4.78 is 28.6. The van der Waals surface area contributed by atoms with Crippen molar-refractivity contribution in [3.8, 4) is 0 Å². The Kier molecular flexibility index (Phi) is 10.1. The topological polar surface area (TPSA) is 86.8 Å². The standard InChI is InChI=1S/C30H37N3O4S/c1-5-28(30(35)31-20-23(2)3)32(21-25-15-13-12-14-24(25)4)29(34)22-33(26-16-8-6-9-17-26)38(36,37)27-18-10-7-11-19-27/h6-19,23,28H,5,20-22H2,1-4H3,(H,31,35)/t28-/m0/s1. The summed E-state index contributed by atoms with van der Waals surface area (Å²) in [5.74, 6) is -0.454. The predicted octanol–water partition coefficient (Wildman–Crippen LogP) is 4.77. The van der Waals surface area contributed by atoms with Gasteiger partial charge in [0.15, 0.2) is 0 Å². The number of carbonyl (C=O) groups excluding carboxylic acids is 2. The van der Waals surface area contributed by atoms with Gasteiger partial charge in [0.25, 0.3) is 10.0 Å². The maximum absolute atomic E-state index is 14.0. The summed E-state index contributed by atoms with van der Waals surface area (Å²) in [4.78, 5) is 28.8. The minimum Gasteiger partial charge on any atom is -0.354 e. The van der Waals surface area contributed by atoms with Crippen molar-refractivity contribution in [3.05, 3.63) is 96.1 Å². The van der Waals surface area contributed by atoms with Gasteiger partial charge in [-0.15, -0.1) is 0 Å². The predicted molar refractivity (Wildman–Crippen MR) is 151 cm³/mol. The molecule has 0 radical (unpaired) electrons. The fourth-order valence-electron chi connectivity index (χ4n) is 4.16. The first-order chi connectivity index (χ1) is 18.1. The molecule has 1 atom stereocenters. The zero-order chi connectivity index (χ0) is 27.7. The van der Waals surface area contributed by atoms with Gasteiger partial charge in [0.05, 0.1) is 10.6 Å². The van der Waals surface area contributed by atoms with E-state index in [0.29, 0.717) is 18.7 Å². The number of hydrogen-bond acceptors (Lipinski definition) is 4. The summed E-state index contributed by atoms with van der Waals surface area (Å²) in [6.45, 7) is 8.04. The van der Waals surface area contributed by atoms with Crippen LogP contribution in [0.5, 0.6) is 0 Å². The van der Waals surface area contributed by atoms with Crippen LogP contribution in [0.2, 0.25) is 0 Å². The van der Waals surface area contributed by atoms with Gasteiger partial charge >= 0.3 is 0 Å². The Morgan fingerprint density at radius 1 is 0.868 bits per heavy atom. The van der Waals surface area contributed by atoms with Crippen LogP contribution in [-0.4, -0.2) is 44.3 Å². The number of rotatable bonds is 12. The molecule has 1 N–H and O–H groups in total. The zero-order valence-electron chi connectivity index (χ0n) is 22.5. The lowest BCUT2D eigenvalue weighted by Crippen LogP contribution is -2.52. The summed E-state index contributed by atoms with van der Waals surface area (Å²) in [5.41, 5.74) is 2.26. The van der Waals surface area contributed by atoms with E-state index >= 15 is 0 Å². The van der Waals surface area contributed by atoms with Crippen LogP contribution >= 0.6 is 0 Å². The SMILES string of the molecule is CC[C@@H](C(=O)NCC(C)C)N(Cc1ccccc1C)C(=O)CN(c1ccccc1)S(=O)(=O)c1ccccc1. The lowest BCUT2D eigenvalue weighted by molar-refractivity contribution is -0.140. The van der Waals surface area contributed by atoms with E-state index in [1.807, 2.05) is 52.0 Å². The summed E-state index contributed by atoms with van der Waals surface area (Å²) >= 11 is 0. The molecular weight excluding hydrogens is 498 g/mol. The van der Waals surface area contributed by atoms with E-state index in [2.05, 4.69) is 5.32 Å². The summed E-state index contributed by atoms with van der Waals surface area (Å²) in [6.07, 6.45) is 0.387. The first-order valence-corrected chi connectivity index (χ1v) is 14.3. The van der Waals surface area contributed by atoms with E-state index in [4.69, 9.17) is 0 Å². The van der Waals surface area contributed by atoms with E-state index < -0.39 is 28.5 Å². The highest BCUT2D eigenvalue weighted by molar-refractivity contribution is 7.92. The molecule has 3 aromatic carbocycles. The Balaban J connectivity index is 2.02. The van der Waals surface area contributed by atoms with Crippen LogP contribution in [0.3, 0.4) is 0 Å². The highest BCUT2D eigenvalue weighted by Gasteiger charge is 2.33. The van der Waals surface area contributed by atoms with Gasteiger partial charge in [-0.1, -0.05) is 81.4 Å². The van der Waals surface area contributed by atoms with E-state index in [1.165, 1.54) is 17.0 Å². The van der Waals surface area contributed by atoms with Gasteiger partial charge in [-0.3, -0.25) is 13.9 Å². The van der Waals surface area contributed by atoms with Gasteiger partial charge in [-0.05, 0) is 54.7 Å². The molecule has 0 spiro atoms. The molecule has 0 fully saturated rings. The molecule has 8 heteroatoms. The van der Waals surface area contributed by atoms with E-state index in [-0.39, 0.29) is 23.3 Å². The number of nitrogens with zero attached hydrogens (tertiary/aromatic N) is 2. The maximum atomic E-state index is 14.0. The number of amides is 2. The van der Waals surface area contributed by atoms with Crippen molar-refractivity contribution in [2.75, 3.05) is 17.4 Å². The Morgan fingerprint density at radius 3 is 2.03 bits per heavy atom. The van der Waals surface area contributed by atoms with Crippen molar-refractivity contribution in [2.24, 2.45) is 5.92 Å². The number of aryl methyl sites for hydroxylation is 1. The molecule has 2 amide bonds. The third-order valence-corrected chi connectivity index (χ3v) is 8.11. The van der Waals surface area contributed by atoms with Gasteiger partial charge < -0.3 is 10.2 Å². The summed E-state index contributed by atoms with van der Waals surface area (Å²) in [6, 6.07) is 23.5. The Labute approximate surface area is 226 Å². The van der Waals surface area contributed by atoms with Gasteiger partial charge in [0.1, 0.15) is 12.6 Å². The molecule has 0 aliphatic heterocycles. The van der Waals surface area contributed by atoms with Crippen LogP contribution in [0.4, 0.5) is 5.69 Å². The normalized spacial score (nSPS) is 12.1. The molecular formula is C30H37N3O4S. The zero-order valence-corrected chi connectivity index (χ0v) is 23.3. The van der Waals surface area contributed by atoms with Crippen LogP contribution < -0.4 is 9.62 Å². The Hall–Kier alpha value is -3.65. The number of nitrogens with one attached hydrogen (secondary N) is 1. The van der Waals surface area contributed by atoms with Gasteiger partial charge in [-0.2, -0.15) is 0 Å². The van der Waals surface area contributed by atoms with Crippen LogP contribution in [-0.2, 0) is 26.2 Å². The number of benzene rings is 3. The van der Waals surface area contributed by atoms with E-state index in [0.717, 1.165) is 15.4 Å². The molecule has 38 heavy (non-hydrogen) atoms. The molecule has 3 rings (SSSR count). The molecule has 0 saturated heterocycles. The number of para-hydroxylation sites is 1. The molecule has 0 aromatic heterocycles. The molecule has 0 aliphatic carbocycles. The van der Waals surface area contributed by atoms with Gasteiger partial charge in [0.2, 0.25) is 11.8 Å². The highest BCUT2D eigenvalue weighted by Crippen LogP contribution is 2.24.